The average Bonchev–Trinajstić information content (AvgIpc) is 3.05. The van der Waals surface area contributed by atoms with Crippen LogP contribution >= 0.6 is 11.8 Å². The van der Waals surface area contributed by atoms with Gasteiger partial charge in [-0.2, -0.15) is 0 Å². The van der Waals surface area contributed by atoms with Gasteiger partial charge in [0, 0.05) is 19.2 Å². The van der Waals surface area contributed by atoms with Crippen LogP contribution in [0, 0.1) is 20.8 Å². The van der Waals surface area contributed by atoms with Crippen LogP contribution in [0.1, 0.15) is 34.5 Å². The summed E-state index contributed by atoms with van der Waals surface area (Å²) >= 11 is 1.40. The first-order valence-corrected chi connectivity index (χ1v) is 11.4. The van der Waals surface area contributed by atoms with Crippen LogP contribution in [0.4, 0.5) is 5.69 Å². The van der Waals surface area contributed by atoms with Gasteiger partial charge in [-0.15, -0.1) is 10.2 Å². The number of anilines is 1. The molecule has 0 unspecified atom stereocenters. The van der Waals surface area contributed by atoms with E-state index in [0.29, 0.717) is 5.75 Å². The summed E-state index contributed by atoms with van der Waals surface area (Å²) < 4.78 is 7.30. The van der Waals surface area contributed by atoms with Crippen molar-refractivity contribution in [2.75, 3.05) is 18.2 Å². The molecule has 0 aliphatic rings. The molecule has 31 heavy (non-hydrogen) atoms. The number of carbonyl (C=O) groups is 1. The molecule has 1 amide bonds. The van der Waals surface area contributed by atoms with Gasteiger partial charge in [0.1, 0.15) is 11.6 Å². The Morgan fingerprint density at radius 2 is 1.81 bits per heavy atom. The molecule has 7 heteroatoms. The summed E-state index contributed by atoms with van der Waals surface area (Å²) in [5, 5.41) is 12.3. The second kappa shape index (κ2) is 10.5. The number of thioether (sulfide) groups is 1. The Labute approximate surface area is 188 Å². The fraction of sp³-hybridized carbons (Fsp3) is 0.375. The lowest BCUT2D eigenvalue weighted by molar-refractivity contribution is -0.113. The predicted molar refractivity (Wildman–Crippen MR) is 126 cm³/mol. The minimum atomic E-state index is -0.0468. The molecule has 6 nitrogen and oxygen atoms in total. The lowest BCUT2D eigenvalue weighted by atomic mass is 10.0. The van der Waals surface area contributed by atoms with Crippen molar-refractivity contribution in [1.82, 2.24) is 14.8 Å². The SMILES string of the molecule is COc1ccc(CCCc2nnc(SCC(=O)Nc3cc(C)cc(C)c3)n2C)cc1C. The average molecular weight is 439 g/mol. The van der Waals surface area contributed by atoms with E-state index in [2.05, 4.69) is 40.6 Å². The number of nitrogens with one attached hydrogen (secondary N) is 1. The molecular formula is C24H30N4O2S. The van der Waals surface area contributed by atoms with E-state index in [9.17, 15) is 4.79 Å². The third-order valence-electron chi connectivity index (χ3n) is 5.09. The highest BCUT2D eigenvalue weighted by Crippen LogP contribution is 2.21. The number of hydrogen-bond acceptors (Lipinski definition) is 5. The predicted octanol–water partition coefficient (Wildman–Crippen LogP) is 4.66. The standard InChI is InChI=1S/C24H30N4O2S/c1-16-11-17(2)13-20(12-16)25-23(29)15-31-24-27-26-22(28(24)4)8-6-7-19-9-10-21(30-5)18(3)14-19/h9-14H,6-8,15H2,1-5H3,(H,25,29). The summed E-state index contributed by atoms with van der Waals surface area (Å²) in [6, 6.07) is 12.3. The van der Waals surface area contributed by atoms with Crippen molar-refractivity contribution < 1.29 is 9.53 Å². The van der Waals surface area contributed by atoms with Gasteiger partial charge in [-0.25, -0.2) is 0 Å². The van der Waals surface area contributed by atoms with E-state index in [1.807, 2.05) is 43.7 Å². The van der Waals surface area contributed by atoms with Crippen LogP contribution in [0.5, 0.6) is 5.75 Å². The third kappa shape index (κ3) is 6.34. The lowest BCUT2D eigenvalue weighted by Gasteiger charge is -2.08. The smallest absolute Gasteiger partial charge is 0.234 e. The topological polar surface area (TPSA) is 69.0 Å². The van der Waals surface area contributed by atoms with Crippen LogP contribution in [0.3, 0.4) is 0 Å². The summed E-state index contributed by atoms with van der Waals surface area (Å²) in [5.41, 5.74) is 5.53. The van der Waals surface area contributed by atoms with E-state index in [1.54, 1.807) is 7.11 Å². The molecular weight excluding hydrogens is 408 g/mol. The zero-order valence-electron chi connectivity index (χ0n) is 18.9. The zero-order valence-corrected chi connectivity index (χ0v) is 19.7. The van der Waals surface area contributed by atoms with Gasteiger partial charge in [0.25, 0.3) is 0 Å². The number of rotatable bonds is 9. The van der Waals surface area contributed by atoms with Crippen molar-refractivity contribution in [2.24, 2.45) is 7.05 Å². The van der Waals surface area contributed by atoms with Gasteiger partial charge in [0.15, 0.2) is 5.16 Å². The Kier molecular flexibility index (Phi) is 7.74. The quantitative estimate of drug-likeness (QED) is 0.492. The monoisotopic (exact) mass is 438 g/mol. The summed E-state index contributed by atoms with van der Waals surface area (Å²) in [5.74, 6) is 2.10. The number of aryl methyl sites for hydroxylation is 5. The molecule has 1 heterocycles. The molecule has 0 spiro atoms. The van der Waals surface area contributed by atoms with Crippen LogP contribution in [-0.2, 0) is 24.7 Å². The molecule has 2 aromatic carbocycles. The van der Waals surface area contributed by atoms with E-state index in [0.717, 1.165) is 58.4 Å². The summed E-state index contributed by atoms with van der Waals surface area (Å²) in [7, 11) is 3.65. The molecule has 0 aliphatic heterocycles. The number of hydrogen-bond donors (Lipinski definition) is 1. The Morgan fingerprint density at radius 3 is 2.48 bits per heavy atom. The van der Waals surface area contributed by atoms with Crippen LogP contribution in [0.2, 0.25) is 0 Å². The maximum atomic E-state index is 12.3. The Hall–Kier alpha value is -2.80. The molecule has 0 bridgehead atoms. The first-order chi connectivity index (χ1) is 14.9. The third-order valence-corrected chi connectivity index (χ3v) is 6.11. The largest absolute Gasteiger partial charge is 0.496 e. The van der Waals surface area contributed by atoms with E-state index in [1.165, 1.54) is 17.3 Å². The maximum absolute atomic E-state index is 12.3. The van der Waals surface area contributed by atoms with Crippen LogP contribution in [-0.4, -0.2) is 33.5 Å². The fourth-order valence-corrected chi connectivity index (χ4v) is 4.34. The molecule has 3 rings (SSSR count). The van der Waals surface area contributed by atoms with Crippen molar-refractivity contribution in [2.45, 2.75) is 45.2 Å². The van der Waals surface area contributed by atoms with E-state index in [4.69, 9.17) is 4.74 Å². The Balaban J connectivity index is 1.49. The van der Waals surface area contributed by atoms with Crippen molar-refractivity contribution >= 4 is 23.4 Å². The summed E-state index contributed by atoms with van der Waals surface area (Å²) in [4.78, 5) is 12.3. The molecule has 0 radical (unpaired) electrons. The van der Waals surface area contributed by atoms with Crippen molar-refractivity contribution in [3.63, 3.8) is 0 Å². The molecule has 1 N–H and O–H groups in total. The number of carbonyl (C=O) groups excluding carboxylic acids is 1. The Bertz CT molecular complexity index is 1040. The first kappa shape index (κ1) is 22.9. The van der Waals surface area contributed by atoms with Gasteiger partial charge in [-0.1, -0.05) is 30.0 Å². The van der Waals surface area contributed by atoms with Gasteiger partial charge < -0.3 is 14.6 Å². The highest BCUT2D eigenvalue weighted by atomic mass is 32.2. The minimum absolute atomic E-state index is 0.0468. The van der Waals surface area contributed by atoms with Crippen molar-refractivity contribution in [3.05, 3.63) is 64.5 Å². The molecule has 0 fully saturated rings. The normalized spacial score (nSPS) is 10.9. The second-order valence-electron chi connectivity index (χ2n) is 7.83. The van der Waals surface area contributed by atoms with Crippen LogP contribution < -0.4 is 10.1 Å². The van der Waals surface area contributed by atoms with E-state index >= 15 is 0 Å². The molecule has 0 saturated heterocycles. The summed E-state index contributed by atoms with van der Waals surface area (Å²) in [6.07, 6.45) is 2.79. The molecule has 0 aliphatic carbocycles. The number of ether oxygens (including phenoxy) is 1. The van der Waals surface area contributed by atoms with Gasteiger partial charge >= 0.3 is 0 Å². The molecule has 1 aromatic heterocycles. The second-order valence-corrected chi connectivity index (χ2v) is 8.77. The molecule has 0 saturated carbocycles. The molecule has 164 valence electrons. The zero-order chi connectivity index (χ0) is 22.4. The fourth-order valence-electron chi connectivity index (χ4n) is 3.61. The number of amides is 1. The number of benzene rings is 2. The number of nitrogens with zero attached hydrogens (tertiary/aromatic N) is 3. The van der Waals surface area contributed by atoms with Crippen LogP contribution in [0.15, 0.2) is 41.6 Å². The molecule has 3 aromatic rings. The minimum Gasteiger partial charge on any atom is -0.496 e. The van der Waals surface area contributed by atoms with Gasteiger partial charge in [-0.3, -0.25) is 4.79 Å². The highest BCUT2D eigenvalue weighted by Gasteiger charge is 2.12. The first-order valence-electron chi connectivity index (χ1n) is 10.4. The highest BCUT2D eigenvalue weighted by molar-refractivity contribution is 7.99. The van der Waals surface area contributed by atoms with Crippen molar-refractivity contribution in [1.29, 1.82) is 0 Å². The van der Waals surface area contributed by atoms with Gasteiger partial charge in [0.05, 0.1) is 12.9 Å². The van der Waals surface area contributed by atoms with Crippen molar-refractivity contribution in [3.8, 4) is 5.75 Å². The number of methoxy groups -OCH3 is 1. The van der Waals surface area contributed by atoms with Crippen LogP contribution in [0.25, 0.3) is 0 Å². The summed E-state index contributed by atoms with van der Waals surface area (Å²) in [6.45, 7) is 6.10. The van der Waals surface area contributed by atoms with E-state index in [-0.39, 0.29) is 5.91 Å². The molecule has 0 atom stereocenters. The van der Waals surface area contributed by atoms with Gasteiger partial charge in [0.2, 0.25) is 5.91 Å². The lowest BCUT2D eigenvalue weighted by Crippen LogP contribution is -2.14. The maximum Gasteiger partial charge on any atom is 0.234 e. The number of aromatic nitrogens is 3. The van der Waals surface area contributed by atoms with E-state index < -0.39 is 0 Å². The Morgan fingerprint density at radius 1 is 1.06 bits per heavy atom. The van der Waals surface area contributed by atoms with Gasteiger partial charge in [-0.05, 0) is 74.1 Å².